The van der Waals surface area contributed by atoms with Gasteiger partial charge in [-0.25, -0.2) is 0 Å². The largest absolute Gasteiger partial charge is 0.506 e. The lowest BCUT2D eigenvalue weighted by molar-refractivity contribution is -0.146. The van der Waals surface area contributed by atoms with Crippen molar-refractivity contribution >= 4 is 28.7 Å². The van der Waals surface area contributed by atoms with Gasteiger partial charge in [-0.2, -0.15) is 0 Å². The molecule has 5 aromatic carbocycles. The zero-order valence-electron chi connectivity index (χ0n) is 36.0. The number of H-pyrrole nitrogens is 1. The maximum Gasteiger partial charge on any atom is 0.317 e. The number of rotatable bonds is 19. The van der Waals surface area contributed by atoms with E-state index in [4.69, 9.17) is 9.47 Å². The van der Waals surface area contributed by atoms with Crippen LogP contribution in [0.25, 0.3) is 10.9 Å². The quantitative estimate of drug-likeness (QED) is 0.0617. The Morgan fingerprint density at radius 2 is 1.56 bits per heavy atom. The molecule has 1 aliphatic rings. The molecule has 332 valence electrons. The highest BCUT2D eigenvalue weighted by Crippen LogP contribution is 2.31. The van der Waals surface area contributed by atoms with Gasteiger partial charge >= 0.3 is 5.97 Å². The minimum Gasteiger partial charge on any atom is -0.506 e. The Balaban J connectivity index is 0.834. The number of aromatic nitrogens is 1. The van der Waals surface area contributed by atoms with Crippen molar-refractivity contribution < 1.29 is 34.1 Å². The van der Waals surface area contributed by atoms with Crippen LogP contribution in [0.1, 0.15) is 63.0 Å². The number of pyridine rings is 1. The van der Waals surface area contributed by atoms with Crippen molar-refractivity contribution in [3.63, 3.8) is 0 Å². The lowest BCUT2D eigenvalue weighted by Gasteiger charge is -2.32. The van der Waals surface area contributed by atoms with Crippen LogP contribution in [-0.4, -0.2) is 95.8 Å². The van der Waals surface area contributed by atoms with E-state index in [0.29, 0.717) is 46.9 Å². The van der Waals surface area contributed by atoms with Crippen molar-refractivity contribution in [2.45, 2.75) is 38.0 Å². The predicted molar refractivity (Wildman–Crippen MR) is 245 cm³/mol. The minimum atomic E-state index is -0.896. The summed E-state index contributed by atoms with van der Waals surface area (Å²) in [6, 6.07) is 40.2. The molecule has 2 heterocycles. The van der Waals surface area contributed by atoms with Crippen LogP contribution >= 0.6 is 0 Å². The first-order chi connectivity index (χ1) is 31.1. The number of benzene rings is 5. The number of carbonyl (C=O) groups excluding carboxylic acids is 3. The number of carbonyl (C=O) groups is 3. The van der Waals surface area contributed by atoms with E-state index < -0.39 is 12.0 Å². The molecule has 0 saturated carbocycles. The molecule has 0 aliphatic carbocycles. The molecule has 1 aliphatic heterocycles. The number of ether oxygens (including phenoxy) is 2. The summed E-state index contributed by atoms with van der Waals surface area (Å²) in [5.41, 5.74) is 4.67. The summed E-state index contributed by atoms with van der Waals surface area (Å²) >= 11 is 0. The molecule has 2 amide bonds. The molecule has 7 rings (SSSR count). The molecule has 1 unspecified atom stereocenters. The number of aliphatic hydroxyl groups is 1. The molecule has 0 spiro atoms. The van der Waals surface area contributed by atoms with Crippen LogP contribution in [0.15, 0.2) is 138 Å². The fourth-order valence-electron chi connectivity index (χ4n) is 7.94. The number of hydrogen-bond donors (Lipinski definition) is 5. The van der Waals surface area contributed by atoms with Crippen molar-refractivity contribution in [1.82, 2.24) is 25.4 Å². The zero-order valence-corrected chi connectivity index (χ0v) is 36.0. The Hall–Kier alpha value is -6.80. The number of phenols is 1. The minimum absolute atomic E-state index is 0.0723. The Labute approximate surface area is 372 Å². The number of aliphatic hydroxyl groups excluding tert-OH is 1. The number of fused-ring (bicyclic) bond motifs is 1. The molecular formula is C51H55N5O8. The monoisotopic (exact) mass is 865 g/mol. The van der Waals surface area contributed by atoms with Gasteiger partial charge in [0.1, 0.15) is 17.4 Å². The molecule has 13 heteroatoms. The van der Waals surface area contributed by atoms with Gasteiger partial charge in [-0.3, -0.25) is 24.1 Å². The summed E-state index contributed by atoms with van der Waals surface area (Å²) in [6.07, 6.45) is 1.03. The highest BCUT2D eigenvalue weighted by molar-refractivity contribution is 5.94. The van der Waals surface area contributed by atoms with Gasteiger partial charge in [0.25, 0.3) is 11.8 Å². The molecule has 0 bridgehead atoms. The van der Waals surface area contributed by atoms with Crippen molar-refractivity contribution in [2.24, 2.45) is 5.92 Å². The van der Waals surface area contributed by atoms with E-state index in [0.717, 1.165) is 43.6 Å². The van der Waals surface area contributed by atoms with Crippen LogP contribution in [0, 0.1) is 5.92 Å². The number of phenolic OH excluding ortho intramolecular Hbond substituents is 1. The lowest BCUT2D eigenvalue weighted by atomic mass is 9.91. The second-order valence-corrected chi connectivity index (χ2v) is 16.2. The maximum absolute atomic E-state index is 13.8. The zero-order chi connectivity index (χ0) is 44.8. The maximum atomic E-state index is 13.8. The average molecular weight is 866 g/mol. The molecule has 1 aromatic heterocycles. The van der Waals surface area contributed by atoms with Crippen molar-refractivity contribution in [1.29, 1.82) is 0 Å². The Bertz CT molecular complexity index is 2540. The summed E-state index contributed by atoms with van der Waals surface area (Å²) < 4.78 is 11.9. The van der Waals surface area contributed by atoms with Gasteiger partial charge < -0.3 is 40.2 Å². The third-order valence-electron chi connectivity index (χ3n) is 11.6. The molecule has 6 aromatic rings. The summed E-state index contributed by atoms with van der Waals surface area (Å²) in [5.74, 6) is -0.864. The van der Waals surface area contributed by atoms with Crippen LogP contribution in [0.5, 0.6) is 11.5 Å². The van der Waals surface area contributed by atoms with Crippen molar-refractivity contribution in [3.8, 4) is 11.5 Å². The van der Waals surface area contributed by atoms with Gasteiger partial charge in [0, 0.05) is 56.8 Å². The van der Waals surface area contributed by atoms with Gasteiger partial charge in [0.05, 0.1) is 18.2 Å². The van der Waals surface area contributed by atoms with Crippen LogP contribution in [0.4, 0.5) is 0 Å². The van der Waals surface area contributed by atoms with Crippen molar-refractivity contribution in [3.05, 3.63) is 177 Å². The SMILES string of the molecule is CN(CCNC(=O)c1ccc(CNC[C@H](O)c2ccc(O)c3[nH]c(=O)ccc23)cc1)C(=O)COc1cccc(C(C(=O)OCC2CCN(Cc3ccccc3)CC2)c2ccccc2)c1. The summed E-state index contributed by atoms with van der Waals surface area (Å²) in [4.78, 5) is 58.0. The van der Waals surface area contributed by atoms with Gasteiger partial charge in [-0.05, 0) is 96.1 Å². The Morgan fingerprint density at radius 1 is 0.844 bits per heavy atom. The van der Waals surface area contributed by atoms with Gasteiger partial charge in [-0.15, -0.1) is 0 Å². The van der Waals surface area contributed by atoms with E-state index in [2.05, 4.69) is 44.8 Å². The fraction of sp³-hybridized carbons (Fsp3) is 0.294. The number of aromatic amines is 1. The molecule has 1 fully saturated rings. The first-order valence-corrected chi connectivity index (χ1v) is 21.7. The molecule has 2 atom stereocenters. The number of esters is 1. The van der Waals surface area contributed by atoms with E-state index in [1.807, 2.05) is 54.6 Å². The third kappa shape index (κ3) is 12.2. The van der Waals surface area contributed by atoms with Crippen LogP contribution < -0.4 is 20.9 Å². The number of hydrogen-bond acceptors (Lipinski definition) is 10. The first kappa shape index (κ1) is 45.2. The lowest BCUT2D eigenvalue weighted by Crippen LogP contribution is -2.38. The number of piperidine rings is 1. The topological polar surface area (TPSA) is 174 Å². The predicted octanol–water partition coefficient (Wildman–Crippen LogP) is 5.91. The van der Waals surface area contributed by atoms with Gasteiger partial charge in [0.2, 0.25) is 5.56 Å². The van der Waals surface area contributed by atoms with Gasteiger partial charge in [-0.1, -0.05) is 91.0 Å². The smallest absolute Gasteiger partial charge is 0.317 e. The Kier molecular flexibility index (Phi) is 15.6. The standard InChI is InChI=1S/C51H55N5O8/c1-55(28-25-53-50(61)39-17-15-35(16-18-39)30-52-31-45(58)42-19-21-44(57)49-43(42)20-22-46(59)54-49)47(60)34-63-41-14-8-13-40(29-41)48(38-11-6-3-7-12-38)51(62)64-33-37-23-26-56(27-24-37)32-36-9-4-2-5-10-36/h2-22,29,37,45,48,52,57-58H,23-28,30-34H2,1H3,(H,53,61)(H,54,59)/t45-,48?/m0/s1. The molecule has 1 saturated heterocycles. The Morgan fingerprint density at radius 3 is 2.31 bits per heavy atom. The highest BCUT2D eigenvalue weighted by atomic mass is 16.5. The van der Waals surface area contributed by atoms with E-state index in [9.17, 15) is 29.4 Å². The first-order valence-electron chi connectivity index (χ1n) is 21.7. The van der Waals surface area contributed by atoms with Crippen LogP contribution in [-0.2, 0) is 27.4 Å². The molecular weight excluding hydrogens is 811 g/mol. The summed E-state index contributed by atoms with van der Waals surface area (Å²) in [5, 5.41) is 27.6. The normalized spacial score (nSPS) is 14.1. The van der Waals surface area contributed by atoms with E-state index in [-0.39, 0.29) is 60.9 Å². The fourth-order valence-corrected chi connectivity index (χ4v) is 7.94. The van der Waals surface area contributed by atoms with Crippen LogP contribution in [0.3, 0.4) is 0 Å². The second-order valence-electron chi connectivity index (χ2n) is 16.2. The molecule has 5 N–H and O–H groups in total. The van der Waals surface area contributed by atoms with Crippen LogP contribution in [0.2, 0.25) is 0 Å². The molecule has 0 radical (unpaired) electrons. The molecule has 13 nitrogen and oxygen atoms in total. The van der Waals surface area contributed by atoms with Gasteiger partial charge in [0.15, 0.2) is 6.61 Å². The van der Waals surface area contributed by atoms with Crippen molar-refractivity contribution in [2.75, 3.05) is 53.0 Å². The third-order valence-corrected chi connectivity index (χ3v) is 11.6. The highest BCUT2D eigenvalue weighted by Gasteiger charge is 2.27. The number of likely N-dealkylation sites (tertiary alicyclic amines) is 1. The molecule has 64 heavy (non-hydrogen) atoms. The average Bonchev–Trinajstić information content (AvgIpc) is 3.32. The van der Waals surface area contributed by atoms with E-state index in [1.54, 1.807) is 49.5 Å². The number of nitrogens with zero attached hydrogens (tertiary/aromatic N) is 2. The second kappa shape index (κ2) is 22.0. The number of aromatic hydroxyl groups is 1. The number of nitrogens with one attached hydrogen (secondary N) is 3. The number of amides is 2. The summed E-state index contributed by atoms with van der Waals surface area (Å²) in [6.45, 7) is 4.12. The summed E-state index contributed by atoms with van der Waals surface area (Å²) in [7, 11) is 1.65. The van der Waals surface area contributed by atoms with E-state index in [1.165, 1.54) is 22.6 Å². The van der Waals surface area contributed by atoms with E-state index >= 15 is 0 Å². The number of likely N-dealkylation sites (N-methyl/N-ethyl adjacent to an activating group) is 1.